The second kappa shape index (κ2) is 6.95. The number of ketones is 1. The van der Waals surface area contributed by atoms with Gasteiger partial charge >= 0.3 is 5.97 Å². The molecule has 0 bridgehead atoms. The fourth-order valence-corrected chi connectivity index (χ4v) is 5.09. The Labute approximate surface area is 168 Å². The predicted molar refractivity (Wildman–Crippen MR) is 102 cm³/mol. The molecule has 1 spiro atoms. The van der Waals surface area contributed by atoms with Crippen LogP contribution in [-0.2, 0) is 28.7 Å². The van der Waals surface area contributed by atoms with Crippen molar-refractivity contribution in [3.63, 3.8) is 0 Å². The van der Waals surface area contributed by atoms with E-state index in [0.717, 1.165) is 5.56 Å². The van der Waals surface area contributed by atoms with Crippen LogP contribution in [0.2, 0.25) is 0 Å². The fourth-order valence-electron chi connectivity index (χ4n) is 5.09. The van der Waals surface area contributed by atoms with Gasteiger partial charge in [0.25, 0.3) is 5.91 Å². The molecule has 8 heteroatoms. The molecular formula is C21H24N2O6. The van der Waals surface area contributed by atoms with Gasteiger partial charge in [0, 0.05) is 25.8 Å². The molecule has 0 radical (unpaired) electrons. The lowest BCUT2D eigenvalue weighted by Gasteiger charge is -2.34. The summed E-state index contributed by atoms with van der Waals surface area (Å²) in [5.74, 6) is -2.05. The number of carbonyl (C=O) groups excluding carboxylic acids is 4. The minimum Gasteiger partial charge on any atom is -0.453 e. The molecule has 29 heavy (non-hydrogen) atoms. The van der Waals surface area contributed by atoms with Gasteiger partial charge in [0.1, 0.15) is 5.78 Å². The molecule has 3 heterocycles. The summed E-state index contributed by atoms with van der Waals surface area (Å²) in [4.78, 5) is 54.3. The minimum absolute atomic E-state index is 0.0185. The van der Waals surface area contributed by atoms with Gasteiger partial charge in [-0.25, -0.2) is 0 Å². The van der Waals surface area contributed by atoms with Gasteiger partial charge in [0.05, 0.1) is 25.0 Å². The van der Waals surface area contributed by atoms with Crippen LogP contribution in [0.25, 0.3) is 0 Å². The summed E-state index contributed by atoms with van der Waals surface area (Å²) in [6, 6.07) is 5.64. The first kappa shape index (κ1) is 19.6. The molecular weight excluding hydrogens is 376 g/mol. The average Bonchev–Trinajstić information content (AvgIpc) is 3.20. The maximum Gasteiger partial charge on any atom is 0.307 e. The number of carbonyl (C=O) groups is 4. The third-order valence-electron chi connectivity index (χ3n) is 6.23. The van der Waals surface area contributed by atoms with E-state index in [4.69, 9.17) is 9.47 Å². The van der Waals surface area contributed by atoms with Crippen LogP contribution in [-0.4, -0.2) is 66.4 Å². The summed E-state index contributed by atoms with van der Waals surface area (Å²) >= 11 is 0. The summed E-state index contributed by atoms with van der Waals surface area (Å²) in [6.07, 6.45) is -0.0673. The maximum atomic E-state index is 13.5. The van der Waals surface area contributed by atoms with Crippen molar-refractivity contribution in [2.24, 2.45) is 5.92 Å². The number of Topliss-reactive ketones (excluding diaryl/α,β-unsaturated/α-hetero) is 1. The molecule has 0 N–H and O–H groups in total. The van der Waals surface area contributed by atoms with E-state index in [1.54, 1.807) is 17.0 Å². The molecule has 1 aromatic carbocycles. The molecule has 8 nitrogen and oxygen atoms in total. The van der Waals surface area contributed by atoms with Crippen molar-refractivity contribution in [3.8, 4) is 0 Å². The highest BCUT2D eigenvalue weighted by molar-refractivity contribution is 6.12. The summed E-state index contributed by atoms with van der Waals surface area (Å²) in [5, 5.41) is 0. The first-order valence-electron chi connectivity index (χ1n) is 9.72. The maximum absolute atomic E-state index is 13.5. The molecule has 3 aliphatic rings. The number of amides is 2. The number of likely N-dealkylation sites (tertiary alicyclic amines) is 1. The van der Waals surface area contributed by atoms with Crippen molar-refractivity contribution in [1.29, 1.82) is 0 Å². The van der Waals surface area contributed by atoms with Crippen LogP contribution >= 0.6 is 0 Å². The zero-order chi connectivity index (χ0) is 20.9. The van der Waals surface area contributed by atoms with Gasteiger partial charge in [-0.2, -0.15) is 0 Å². The van der Waals surface area contributed by atoms with E-state index in [1.165, 1.54) is 18.9 Å². The lowest BCUT2D eigenvalue weighted by molar-refractivity contribution is -0.152. The lowest BCUT2D eigenvalue weighted by Crippen LogP contribution is -2.53. The summed E-state index contributed by atoms with van der Waals surface area (Å²) in [5.41, 5.74) is 0.108. The lowest BCUT2D eigenvalue weighted by atomic mass is 9.80. The average molecular weight is 400 g/mol. The van der Waals surface area contributed by atoms with Crippen LogP contribution < -0.4 is 4.90 Å². The first-order valence-corrected chi connectivity index (χ1v) is 9.72. The number of nitrogens with zero attached hydrogens (tertiary/aromatic N) is 2. The van der Waals surface area contributed by atoms with E-state index >= 15 is 0 Å². The molecule has 0 saturated carbocycles. The van der Waals surface area contributed by atoms with E-state index in [0.29, 0.717) is 5.69 Å². The Morgan fingerprint density at radius 1 is 1.24 bits per heavy atom. The topological polar surface area (TPSA) is 93.2 Å². The molecule has 2 amide bonds. The molecule has 0 aliphatic carbocycles. The summed E-state index contributed by atoms with van der Waals surface area (Å²) in [7, 11) is 1.53. The summed E-state index contributed by atoms with van der Waals surface area (Å²) in [6.45, 7) is 3.83. The molecule has 4 rings (SSSR count). The second-order valence-corrected chi connectivity index (χ2v) is 7.93. The van der Waals surface area contributed by atoms with E-state index < -0.39 is 29.6 Å². The van der Waals surface area contributed by atoms with Crippen LogP contribution in [0.4, 0.5) is 5.69 Å². The number of benzene rings is 1. The van der Waals surface area contributed by atoms with Crippen molar-refractivity contribution < 1.29 is 28.7 Å². The standard InChI is InChI=1S/C21H24N2O6/c1-12-6-4-5-7-15(12)23-18-20(27)22(8-9-28-3)16(10-13(2)24)21(18)14(19(23)26)11-17(25)29-21/h4-7,14,16,18H,8-11H2,1-3H3/t14-,16+,18-,21+/m0/s1. The monoisotopic (exact) mass is 400 g/mol. The van der Waals surface area contributed by atoms with E-state index in [-0.39, 0.29) is 43.6 Å². The fraction of sp³-hybridized carbons (Fsp3) is 0.524. The smallest absolute Gasteiger partial charge is 0.307 e. The predicted octanol–water partition coefficient (Wildman–Crippen LogP) is 0.848. The quantitative estimate of drug-likeness (QED) is 0.658. The number of esters is 1. The van der Waals surface area contributed by atoms with Crippen molar-refractivity contribution in [2.45, 2.75) is 44.4 Å². The Hall–Kier alpha value is -2.74. The highest BCUT2D eigenvalue weighted by atomic mass is 16.6. The number of para-hydroxylation sites is 1. The number of methoxy groups -OCH3 is 1. The van der Waals surface area contributed by atoms with Crippen molar-refractivity contribution in [3.05, 3.63) is 29.8 Å². The Balaban J connectivity index is 1.87. The number of hydrogen-bond donors (Lipinski definition) is 0. The second-order valence-electron chi connectivity index (χ2n) is 7.93. The molecule has 4 atom stereocenters. The number of anilines is 1. The van der Waals surface area contributed by atoms with Gasteiger partial charge in [-0.05, 0) is 25.5 Å². The Morgan fingerprint density at radius 3 is 2.62 bits per heavy atom. The molecule has 0 aromatic heterocycles. The zero-order valence-electron chi connectivity index (χ0n) is 16.7. The Bertz CT molecular complexity index is 899. The first-order chi connectivity index (χ1) is 13.8. The third-order valence-corrected chi connectivity index (χ3v) is 6.23. The Morgan fingerprint density at radius 2 is 1.97 bits per heavy atom. The van der Waals surface area contributed by atoms with E-state index in [9.17, 15) is 19.2 Å². The number of rotatable bonds is 6. The number of aryl methyl sites for hydroxylation is 1. The SMILES string of the molecule is COCCN1C(=O)[C@@H]2N(c3ccccc3C)C(=O)[C@@H]3CC(=O)O[C@]23[C@H]1CC(C)=O. The molecule has 1 aromatic rings. The van der Waals surface area contributed by atoms with E-state index in [2.05, 4.69) is 0 Å². The third kappa shape index (κ3) is 2.69. The Kier molecular flexibility index (Phi) is 4.69. The molecule has 3 saturated heterocycles. The van der Waals surface area contributed by atoms with Gasteiger partial charge in [0.15, 0.2) is 11.6 Å². The van der Waals surface area contributed by atoms with Crippen LogP contribution in [0.15, 0.2) is 24.3 Å². The number of ether oxygens (including phenoxy) is 2. The van der Waals surface area contributed by atoms with Crippen molar-refractivity contribution in [1.82, 2.24) is 4.90 Å². The molecule has 3 fully saturated rings. The minimum atomic E-state index is -1.35. The van der Waals surface area contributed by atoms with Gasteiger partial charge in [-0.15, -0.1) is 0 Å². The van der Waals surface area contributed by atoms with Crippen LogP contribution in [0, 0.1) is 12.8 Å². The van der Waals surface area contributed by atoms with Gasteiger partial charge in [0.2, 0.25) is 5.91 Å². The van der Waals surface area contributed by atoms with E-state index in [1.807, 2.05) is 19.1 Å². The van der Waals surface area contributed by atoms with Crippen LogP contribution in [0.5, 0.6) is 0 Å². The zero-order valence-corrected chi connectivity index (χ0v) is 16.7. The molecule has 0 unspecified atom stereocenters. The van der Waals surface area contributed by atoms with Crippen LogP contribution in [0.3, 0.4) is 0 Å². The normalized spacial score (nSPS) is 30.6. The largest absolute Gasteiger partial charge is 0.453 e. The van der Waals surface area contributed by atoms with Crippen molar-refractivity contribution >= 4 is 29.3 Å². The molecule has 3 aliphatic heterocycles. The van der Waals surface area contributed by atoms with Gasteiger partial charge < -0.3 is 14.4 Å². The highest BCUT2D eigenvalue weighted by Crippen LogP contribution is 2.54. The molecule has 154 valence electrons. The van der Waals surface area contributed by atoms with Crippen LogP contribution in [0.1, 0.15) is 25.3 Å². The van der Waals surface area contributed by atoms with Gasteiger partial charge in [-0.1, -0.05) is 18.2 Å². The number of hydrogen-bond acceptors (Lipinski definition) is 6. The highest BCUT2D eigenvalue weighted by Gasteiger charge is 2.77. The van der Waals surface area contributed by atoms with Gasteiger partial charge in [-0.3, -0.25) is 24.1 Å². The van der Waals surface area contributed by atoms with Crippen molar-refractivity contribution in [2.75, 3.05) is 25.2 Å². The summed E-state index contributed by atoms with van der Waals surface area (Å²) < 4.78 is 10.9.